The predicted octanol–water partition coefficient (Wildman–Crippen LogP) is 3.54. The molecule has 2 aromatic rings. The highest BCUT2D eigenvalue weighted by atomic mass is 79.9. The van der Waals surface area contributed by atoms with Crippen LogP contribution in [0.25, 0.3) is 0 Å². The van der Waals surface area contributed by atoms with Gasteiger partial charge in [-0.25, -0.2) is 9.97 Å². The van der Waals surface area contributed by atoms with Gasteiger partial charge in [0.2, 0.25) is 0 Å². The molecule has 0 aliphatic heterocycles. The van der Waals surface area contributed by atoms with E-state index in [9.17, 15) is 0 Å². The summed E-state index contributed by atoms with van der Waals surface area (Å²) in [6.07, 6.45) is 0.834. The van der Waals surface area contributed by atoms with E-state index in [0.717, 1.165) is 34.9 Å². The first-order chi connectivity index (χ1) is 9.12. The normalized spacial score (nSPS) is 10.5. The maximum absolute atomic E-state index is 4.57. The smallest absolute Gasteiger partial charge is 0.134 e. The van der Waals surface area contributed by atoms with Crippen molar-refractivity contribution in [3.05, 3.63) is 32.7 Å². The Balaban J connectivity index is 2.20. The minimum absolute atomic E-state index is 0.834. The van der Waals surface area contributed by atoms with E-state index in [2.05, 4.69) is 61.5 Å². The molecule has 2 aromatic heterocycles. The third-order valence-electron chi connectivity index (χ3n) is 2.74. The Kier molecular flexibility index (Phi) is 4.76. The second-order valence-corrected chi connectivity index (χ2v) is 6.13. The number of hydrogen-bond acceptors (Lipinski definition) is 5. The third-order valence-corrected chi connectivity index (χ3v) is 4.42. The van der Waals surface area contributed by atoms with Gasteiger partial charge in [0, 0.05) is 41.3 Å². The Labute approximate surface area is 126 Å². The van der Waals surface area contributed by atoms with Crippen molar-refractivity contribution in [2.24, 2.45) is 0 Å². The van der Waals surface area contributed by atoms with Crippen molar-refractivity contribution in [2.75, 3.05) is 24.3 Å². The maximum Gasteiger partial charge on any atom is 0.134 e. The van der Waals surface area contributed by atoms with Crippen LogP contribution < -0.4 is 10.2 Å². The van der Waals surface area contributed by atoms with Crippen LogP contribution in [0.1, 0.15) is 17.6 Å². The van der Waals surface area contributed by atoms with Crippen LogP contribution in [0, 0.1) is 0 Å². The van der Waals surface area contributed by atoms with E-state index in [-0.39, 0.29) is 0 Å². The van der Waals surface area contributed by atoms with Crippen LogP contribution >= 0.6 is 27.3 Å². The molecule has 1 N–H and O–H groups in total. The molecule has 102 valence electrons. The molecule has 0 saturated heterocycles. The average molecular weight is 341 g/mol. The molecule has 0 bridgehead atoms. The van der Waals surface area contributed by atoms with Crippen molar-refractivity contribution in [3.8, 4) is 0 Å². The van der Waals surface area contributed by atoms with E-state index in [1.54, 1.807) is 11.3 Å². The summed E-state index contributed by atoms with van der Waals surface area (Å²) in [4.78, 5) is 12.4. The number of thiophene rings is 1. The van der Waals surface area contributed by atoms with E-state index < -0.39 is 0 Å². The largest absolute Gasteiger partial charge is 0.373 e. The van der Waals surface area contributed by atoms with Gasteiger partial charge in [-0.15, -0.1) is 11.3 Å². The molecule has 0 amide bonds. The molecular weight excluding hydrogens is 324 g/mol. The van der Waals surface area contributed by atoms with Gasteiger partial charge in [-0.05, 0) is 22.0 Å². The van der Waals surface area contributed by atoms with Crippen molar-refractivity contribution in [1.82, 2.24) is 9.97 Å². The zero-order valence-electron chi connectivity index (χ0n) is 11.3. The summed E-state index contributed by atoms with van der Waals surface area (Å²) >= 11 is 5.23. The summed E-state index contributed by atoms with van der Waals surface area (Å²) in [6, 6.07) is 4.11. The molecule has 0 unspecified atom stereocenters. The first-order valence-corrected chi connectivity index (χ1v) is 7.79. The minimum atomic E-state index is 0.834. The fourth-order valence-electron chi connectivity index (χ4n) is 1.72. The van der Waals surface area contributed by atoms with Gasteiger partial charge in [-0.1, -0.05) is 6.92 Å². The summed E-state index contributed by atoms with van der Waals surface area (Å²) in [5.74, 6) is 2.67. The number of aryl methyl sites for hydroxylation is 1. The molecule has 0 aliphatic rings. The highest BCUT2D eigenvalue weighted by molar-refractivity contribution is 9.10. The number of anilines is 2. The van der Waals surface area contributed by atoms with E-state index in [0.29, 0.717) is 0 Å². The van der Waals surface area contributed by atoms with Crippen LogP contribution in [-0.2, 0) is 13.0 Å². The fraction of sp³-hybridized carbons (Fsp3) is 0.385. The summed E-state index contributed by atoms with van der Waals surface area (Å²) in [7, 11) is 3.93. The molecule has 0 saturated carbocycles. The highest BCUT2D eigenvalue weighted by Crippen LogP contribution is 2.23. The quantitative estimate of drug-likeness (QED) is 0.903. The molecule has 0 aromatic carbocycles. The highest BCUT2D eigenvalue weighted by Gasteiger charge is 2.09. The Bertz CT molecular complexity index is 533. The lowest BCUT2D eigenvalue weighted by molar-refractivity contribution is 0.868. The lowest BCUT2D eigenvalue weighted by Crippen LogP contribution is -2.18. The van der Waals surface area contributed by atoms with Crippen molar-refractivity contribution in [3.63, 3.8) is 0 Å². The van der Waals surface area contributed by atoms with E-state index >= 15 is 0 Å². The zero-order valence-corrected chi connectivity index (χ0v) is 13.7. The molecule has 2 heterocycles. The number of nitrogens with zero attached hydrogens (tertiary/aromatic N) is 3. The van der Waals surface area contributed by atoms with Gasteiger partial charge in [0.05, 0.1) is 6.54 Å². The van der Waals surface area contributed by atoms with Gasteiger partial charge in [-0.3, -0.25) is 0 Å². The monoisotopic (exact) mass is 340 g/mol. The SMILES string of the molecule is CCc1nc(NC)cc(N(C)Cc2cc(Br)cs2)n1. The summed E-state index contributed by atoms with van der Waals surface area (Å²) in [5, 5.41) is 5.18. The van der Waals surface area contributed by atoms with Crippen LogP contribution in [0.3, 0.4) is 0 Å². The molecule has 0 spiro atoms. The second kappa shape index (κ2) is 6.34. The van der Waals surface area contributed by atoms with Crippen molar-refractivity contribution in [2.45, 2.75) is 19.9 Å². The zero-order chi connectivity index (χ0) is 13.8. The van der Waals surface area contributed by atoms with E-state index in [4.69, 9.17) is 0 Å². The van der Waals surface area contributed by atoms with Gasteiger partial charge in [0.25, 0.3) is 0 Å². The van der Waals surface area contributed by atoms with Gasteiger partial charge in [-0.2, -0.15) is 0 Å². The van der Waals surface area contributed by atoms with Crippen molar-refractivity contribution >= 4 is 38.9 Å². The fourth-order valence-corrected chi connectivity index (χ4v) is 3.22. The van der Waals surface area contributed by atoms with Crippen LogP contribution in [0.15, 0.2) is 22.0 Å². The molecule has 0 atom stereocenters. The van der Waals surface area contributed by atoms with Gasteiger partial charge < -0.3 is 10.2 Å². The lowest BCUT2D eigenvalue weighted by Gasteiger charge is -2.18. The number of halogens is 1. The summed E-state index contributed by atoms with van der Waals surface area (Å²) in [5.41, 5.74) is 0. The number of hydrogen-bond donors (Lipinski definition) is 1. The topological polar surface area (TPSA) is 41.1 Å². The first-order valence-electron chi connectivity index (χ1n) is 6.12. The summed E-state index contributed by atoms with van der Waals surface area (Å²) < 4.78 is 1.13. The molecule has 19 heavy (non-hydrogen) atoms. The van der Waals surface area contributed by atoms with Crippen LogP contribution in [0.2, 0.25) is 0 Å². The molecule has 0 aliphatic carbocycles. The Hall–Kier alpha value is -1.14. The van der Waals surface area contributed by atoms with Crippen LogP contribution in [0.4, 0.5) is 11.6 Å². The summed E-state index contributed by atoms with van der Waals surface area (Å²) in [6.45, 7) is 2.91. The Morgan fingerprint density at radius 3 is 2.74 bits per heavy atom. The van der Waals surface area contributed by atoms with Gasteiger partial charge in [0.1, 0.15) is 17.5 Å². The number of nitrogens with one attached hydrogen (secondary N) is 1. The Morgan fingerprint density at radius 1 is 1.37 bits per heavy atom. The Morgan fingerprint density at radius 2 is 2.16 bits per heavy atom. The number of rotatable bonds is 5. The molecule has 4 nitrogen and oxygen atoms in total. The van der Waals surface area contributed by atoms with E-state index in [1.165, 1.54) is 4.88 Å². The van der Waals surface area contributed by atoms with Gasteiger partial charge in [0.15, 0.2) is 0 Å². The number of aromatic nitrogens is 2. The maximum atomic E-state index is 4.57. The van der Waals surface area contributed by atoms with Gasteiger partial charge >= 0.3 is 0 Å². The lowest BCUT2D eigenvalue weighted by atomic mass is 10.4. The van der Waals surface area contributed by atoms with Crippen molar-refractivity contribution < 1.29 is 0 Å². The molecule has 2 rings (SSSR count). The molecule has 0 radical (unpaired) electrons. The van der Waals surface area contributed by atoms with Crippen LogP contribution in [-0.4, -0.2) is 24.1 Å². The van der Waals surface area contributed by atoms with E-state index in [1.807, 2.05) is 13.1 Å². The van der Waals surface area contributed by atoms with Crippen LogP contribution in [0.5, 0.6) is 0 Å². The van der Waals surface area contributed by atoms with Crippen molar-refractivity contribution in [1.29, 1.82) is 0 Å². The minimum Gasteiger partial charge on any atom is -0.373 e. The average Bonchev–Trinajstić information content (AvgIpc) is 2.83. The molecular formula is C13H17BrN4S. The predicted molar refractivity (Wildman–Crippen MR) is 85.1 cm³/mol. The standard InChI is InChI=1S/C13H17BrN4S/c1-4-11-16-12(15-2)6-13(17-11)18(3)7-10-5-9(14)8-19-10/h5-6,8H,4,7H2,1-3H3,(H,15,16,17). The second-order valence-electron chi connectivity index (χ2n) is 4.22. The molecule has 0 fully saturated rings. The third kappa shape index (κ3) is 3.67. The first kappa shape index (κ1) is 14.3. The molecule has 6 heteroatoms.